The summed E-state index contributed by atoms with van der Waals surface area (Å²) in [5.74, 6) is 1.45. The Labute approximate surface area is 170 Å². The molecular weight excluding hydrogens is 376 g/mol. The molecule has 0 spiro atoms. The van der Waals surface area contributed by atoms with Crippen molar-refractivity contribution in [1.82, 2.24) is 15.1 Å². The van der Waals surface area contributed by atoms with Crippen LogP contribution in [0, 0.1) is 5.92 Å². The van der Waals surface area contributed by atoms with E-state index in [-0.39, 0.29) is 11.2 Å². The normalized spacial score (nSPS) is 16.6. The fraction of sp³-hybridized carbons (Fsp3) is 0.550. The van der Waals surface area contributed by atoms with Gasteiger partial charge in [-0.1, -0.05) is 56.0 Å². The van der Waals surface area contributed by atoms with E-state index in [4.69, 9.17) is 0 Å². The summed E-state index contributed by atoms with van der Waals surface area (Å²) in [6, 6.07) is 8.38. The topological polar surface area (TPSA) is 58.1 Å². The smallest absolute Gasteiger partial charge is 0.235 e. The van der Waals surface area contributed by atoms with Crippen molar-refractivity contribution in [2.45, 2.75) is 56.0 Å². The van der Waals surface area contributed by atoms with Crippen molar-refractivity contribution in [3.8, 4) is 0 Å². The van der Waals surface area contributed by atoms with Crippen molar-refractivity contribution in [2.75, 3.05) is 18.4 Å². The van der Waals surface area contributed by atoms with Gasteiger partial charge in [0.2, 0.25) is 11.0 Å². The van der Waals surface area contributed by atoms with E-state index in [0.717, 1.165) is 47.0 Å². The number of hydrogen-bond acceptors (Lipinski definition) is 6. The van der Waals surface area contributed by atoms with E-state index in [1.807, 2.05) is 11.8 Å². The minimum Gasteiger partial charge on any atom is -0.342 e. The molecule has 0 radical (unpaired) electrons. The van der Waals surface area contributed by atoms with Gasteiger partial charge in [-0.15, -0.1) is 10.2 Å². The van der Waals surface area contributed by atoms with Gasteiger partial charge in [-0.2, -0.15) is 0 Å². The Morgan fingerprint density at radius 2 is 1.85 bits per heavy atom. The van der Waals surface area contributed by atoms with Crippen molar-refractivity contribution in [2.24, 2.45) is 5.92 Å². The van der Waals surface area contributed by atoms with Gasteiger partial charge in [0.25, 0.3) is 0 Å². The molecule has 1 fully saturated rings. The number of likely N-dealkylation sites (tertiary alicyclic amines) is 1. The van der Waals surface area contributed by atoms with Gasteiger partial charge in [-0.05, 0) is 49.3 Å². The van der Waals surface area contributed by atoms with Crippen LogP contribution in [-0.2, 0) is 4.79 Å². The third kappa shape index (κ3) is 5.45. The molecule has 5 nitrogen and oxygen atoms in total. The Morgan fingerprint density at radius 1 is 1.19 bits per heavy atom. The number of anilines is 2. The van der Waals surface area contributed by atoms with Gasteiger partial charge in [0.15, 0.2) is 4.34 Å². The van der Waals surface area contributed by atoms with Gasteiger partial charge in [-0.3, -0.25) is 4.79 Å². The first kappa shape index (κ1) is 20.1. The van der Waals surface area contributed by atoms with Crippen LogP contribution in [0.1, 0.15) is 52.0 Å². The number of carbonyl (C=O) groups excluding carboxylic acids is 1. The van der Waals surface area contributed by atoms with Crippen molar-refractivity contribution in [3.63, 3.8) is 0 Å². The number of piperidine rings is 1. The van der Waals surface area contributed by atoms with E-state index in [9.17, 15) is 4.79 Å². The number of aromatic nitrogens is 2. The zero-order chi connectivity index (χ0) is 19.4. The van der Waals surface area contributed by atoms with Crippen molar-refractivity contribution < 1.29 is 4.79 Å². The van der Waals surface area contributed by atoms with Crippen molar-refractivity contribution in [3.05, 3.63) is 29.8 Å². The number of rotatable bonds is 6. The molecule has 27 heavy (non-hydrogen) atoms. The maximum atomic E-state index is 12.6. The highest BCUT2D eigenvalue weighted by Crippen LogP contribution is 2.32. The highest BCUT2D eigenvalue weighted by Gasteiger charge is 2.26. The molecule has 2 heterocycles. The molecule has 3 rings (SSSR count). The molecule has 1 atom stereocenters. The summed E-state index contributed by atoms with van der Waals surface area (Å²) in [6.07, 6.45) is 2.21. The molecule has 0 unspecified atom stereocenters. The molecule has 1 saturated heterocycles. The zero-order valence-corrected chi connectivity index (χ0v) is 18.1. The quantitative estimate of drug-likeness (QED) is 0.675. The molecule has 1 N–H and O–H groups in total. The Balaban J connectivity index is 1.54. The number of nitrogens with zero attached hydrogens (tertiary/aromatic N) is 3. The maximum absolute atomic E-state index is 12.6. The van der Waals surface area contributed by atoms with Crippen LogP contribution in [0.3, 0.4) is 0 Å². The Hall–Kier alpha value is -1.60. The lowest BCUT2D eigenvalue weighted by molar-refractivity contribution is -0.131. The van der Waals surface area contributed by atoms with E-state index >= 15 is 0 Å². The summed E-state index contributed by atoms with van der Waals surface area (Å²) in [5, 5.41) is 12.4. The fourth-order valence-electron chi connectivity index (χ4n) is 3.07. The molecule has 0 aliphatic carbocycles. The molecule has 1 aliphatic rings. The first-order valence-corrected chi connectivity index (χ1v) is 11.3. The summed E-state index contributed by atoms with van der Waals surface area (Å²) in [7, 11) is 0. The number of hydrogen-bond donors (Lipinski definition) is 1. The second-order valence-corrected chi connectivity index (χ2v) is 10.1. The average molecular weight is 405 g/mol. The number of carbonyl (C=O) groups is 1. The Morgan fingerprint density at radius 3 is 2.48 bits per heavy atom. The second-order valence-electron chi connectivity index (χ2n) is 7.54. The summed E-state index contributed by atoms with van der Waals surface area (Å²) in [4.78, 5) is 14.6. The summed E-state index contributed by atoms with van der Waals surface area (Å²) in [6.45, 7) is 10.3. The third-order valence-corrected chi connectivity index (χ3v) is 6.97. The van der Waals surface area contributed by atoms with Crippen LogP contribution >= 0.6 is 23.1 Å². The van der Waals surface area contributed by atoms with Crippen LogP contribution in [0.15, 0.2) is 28.6 Å². The monoisotopic (exact) mass is 404 g/mol. The lowest BCUT2D eigenvalue weighted by Gasteiger charge is -2.31. The van der Waals surface area contributed by atoms with Crippen molar-refractivity contribution >= 4 is 39.8 Å². The number of nitrogens with one attached hydrogen (secondary N) is 1. The maximum Gasteiger partial charge on any atom is 0.235 e. The number of amides is 1. The van der Waals surface area contributed by atoms with Crippen LogP contribution in [0.5, 0.6) is 0 Å². The predicted octanol–water partition coefficient (Wildman–Crippen LogP) is 5.14. The van der Waals surface area contributed by atoms with Crippen molar-refractivity contribution in [1.29, 1.82) is 0 Å². The van der Waals surface area contributed by atoms with Gasteiger partial charge in [0.1, 0.15) is 0 Å². The minimum absolute atomic E-state index is 0.135. The van der Waals surface area contributed by atoms with Gasteiger partial charge in [-0.25, -0.2) is 0 Å². The van der Waals surface area contributed by atoms with Gasteiger partial charge in [0, 0.05) is 18.8 Å². The molecule has 2 aromatic rings. The largest absolute Gasteiger partial charge is 0.342 e. The van der Waals surface area contributed by atoms with E-state index in [0.29, 0.717) is 5.92 Å². The summed E-state index contributed by atoms with van der Waals surface area (Å²) < 4.78 is 0.822. The van der Waals surface area contributed by atoms with Gasteiger partial charge >= 0.3 is 0 Å². The molecule has 1 amide bonds. The van der Waals surface area contributed by atoms with Gasteiger partial charge < -0.3 is 10.2 Å². The first-order chi connectivity index (χ1) is 12.9. The Bertz CT molecular complexity index is 752. The summed E-state index contributed by atoms with van der Waals surface area (Å²) in [5.41, 5.74) is 2.31. The first-order valence-electron chi connectivity index (χ1n) is 9.58. The van der Waals surface area contributed by atoms with Crippen LogP contribution in [0.2, 0.25) is 0 Å². The lowest BCUT2D eigenvalue weighted by Crippen LogP contribution is -2.41. The van der Waals surface area contributed by atoms with Gasteiger partial charge in [0.05, 0.1) is 5.25 Å². The zero-order valence-electron chi connectivity index (χ0n) is 16.4. The van der Waals surface area contributed by atoms with E-state index in [1.165, 1.54) is 28.7 Å². The third-order valence-electron chi connectivity index (χ3n) is 4.96. The molecule has 0 bridgehead atoms. The van der Waals surface area contributed by atoms with E-state index in [2.05, 4.69) is 60.6 Å². The molecular formula is C20H28N4OS2. The number of thioether (sulfide) groups is 1. The Kier molecular flexibility index (Phi) is 6.76. The van der Waals surface area contributed by atoms with Crippen LogP contribution in [0.25, 0.3) is 0 Å². The molecule has 146 valence electrons. The molecule has 1 aromatic heterocycles. The van der Waals surface area contributed by atoms with E-state index < -0.39 is 0 Å². The predicted molar refractivity (Wildman–Crippen MR) is 114 cm³/mol. The average Bonchev–Trinajstić information content (AvgIpc) is 3.09. The van der Waals surface area contributed by atoms with Crippen LogP contribution in [-0.4, -0.2) is 39.3 Å². The standard InChI is InChI=1S/C20H28N4OS2/c1-13(2)16-5-7-17(8-6-16)21-19-22-23-20(27-19)26-15(4)18(25)24-11-9-14(3)10-12-24/h5-8,13-15H,9-12H2,1-4H3,(H,21,22)/t15-/m1/s1. The molecule has 1 aliphatic heterocycles. The van der Waals surface area contributed by atoms with Crippen LogP contribution in [0.4, 0.5) is 10.8 Å². The SMILES string of the molecule is CC1CCN(C(=O)[C@@H](C)Sc2nnc(Nc3ccc(C(C)C)cc3)s2)CC1. The minimum atomic E-state index is -0.135. The number of benzene rings is 1. The highest BCUT2D eigenvalue weighted by atomic mass is 32.2. The lowest BCUT2D eigenvalue weighted by atomic mass is 9.99. The highest BCUT2D eigenvalue weighted by molar-refractivity contribution is 8.02. The second kappa shape index (κ2) is 9.06. The molecule has 0 saturated carbocycles. The van der Waals surface area contributed by atoms with E-state index in [1.54, 1.807) is 0 Å². The van der Waals surface area contributed by atoms with Crippen LogP contribution < -0.4 is 5.32 Å². The fourth-order valence-corrected chi connectivity index (χ4v) is 5.07. The molecule has 7 heteroatoms. The molecule has 1 aromatic carbocycles. The summed E-state index contributed by atoms with van der Waals surface area (Å²) >= 11 is 2.99.